The minimum Gasteiger partial charge on any atom is -0.386 e. The summed E-state index contributed by atoms with van der Waals surface area (Å²) in [5, 5.41) is 5.31. The highest BCUT2D eigenvalue weighted by Crippen LogP contribution is 2.41. The minimum atomic E-state index is -0.235. The molecule has 0 spiro atoms. The number of fused-ring (bicyclic) bond motifs is 1. The van der Waals surface area contributed by atoms with Crippen molar-refractivity contribution in [2.24, 2.45) is 0 Å². The number of nitrogens with zero attached hydrogens (tertiary/aromatic N) is 2. The summed E-state index contributed by atoms with van der Waals surface area (Å²) in [6.45, 7) is 0. The maximum absolute atomic E-state index is 12.7. The number of anilines is 1. The highest BCUT2D eigenvalue weighted by atomic mass is 19.1. The standard InChI is InChI=1S/C12H11FN2.C6H10N2O/c1-14-11-3-2-8-15-12(11)9-4-6-10(13)7-5-9;1-2-6-5-3-4(1)8(5)7-9-6/h2-8,14H,1H3;4-7H,1-3H2. The van der Waals surface area contributed by atoms with E-state index in [1.807, 2.05) is 19.2 Å². The maximum atomic E-state index is 12.7. The monoisotopic (exact) mass is 328 g/mol. The molecule has 4 fully saturated rings. The molecule has 4 aliphatic rings. The Bertz CT molecular complexity index is 690. The number of hydrazine groups is 1. The largest absolute Gasteiger partial charge is 0.386 e. The lowest BCUT2D eigenvalue weighted by Gasteiger charge is -2.47. The van der Waals surface area contributed by atoms with Crippen molar-refractivity contribution >= 4 is 5.69 Å². The SMILES string of the molecule is C1CC2CC3C1ONN23.CNc1cccnc1-c1ccc(F)cc1. The quantitative estimate of drug-likeness (QED) is 0.888. The molecule has 1 aromatic heterocycles. The van der Waals surface area contributed by atoms with E-state index in [-0.39, 0.29) is 5.82 Å². The van der Waals surface area contributed by atoms with Crippen LogP contribution in [0.1, 0.15) is 19.3 Å². The van der Waals surface area contributed by atoms with Crippen molar-refractivity contribution in [3.05, 3.63) is 48.4 Å². The molecule has 3 aliphatic heterocycles. The fourth-order valence-corrected chi connectivity index (χ4v) is 3.63. The number of halogens is 1. The average molecular weight is 328 g/mol. The van der Waals surface area contributed by atoms with Gasteiger partial charge in [0.25, 0.3) is 0 Å². The fourth-order valence-electron chi connectivity index (χ4n) is 3.63. The van der Waals surface area contributed by atoms with Gasteiger partial charge < -0.3 is 5.32 Å². The molecular weight excluding hydrogens is 307 g/mol. The minimum absolute atomic E-state index is 0.235. The van der Waals surface area contributed by atoms with Gasteiger partial charge in [0.15, 0.2) is 0 Å². The third-order valence-electron chi connectivity index (χ3n) is 4.98. The summed E-state index contributed by atoms with van der Waals surface area (Å²) in [6.07, 6.45) is 6.18. The van der Waals surface area contributed by atoms with E-state index in [1.165, 1.54) is 31.4 Å². The lowest BCUT2D eigenvalue weighted by atomic mass is 9.80. The van der Waals surface area contributed by atoms with E-state index in [4.69, 9.17) is 4.84 Å². The van der Waals surface area contributed by atoms with Crippen molar-refractivity contribution < 1.29 is 9.23 Å². The van der Waals surface area contributed by atoms with Gasteiger partial charge in [-0.05, 0) is 55.7 Å². The van der Waals surface area contributed by atoms with E-state index < -0.39 is 0 Å². The van der Waals surface area contributed by atoms with Gasteiger partial charge in [0.2, 0.25) is 0 Å². The Morgan fingerprint density at radius 3 is 2.75 bits per heavy atom. The first-order valence-electron chi connectivity index (χ1n) is 8.34. The zero-order valence-electron chi connectivity index (χ0n) is 13.6. The van der Waals surface area contributed by atoms with E-state index in [9.17, 15) is 4.39 Å². The first-order valence-corrected chi connectivity index (χ1v) is 8.34. The Kier molecular flexibility index (Phi) is 4.18. The van der Waals surface area contributed by atoms with Gasteiger partial charge in [-0.2, -0.15) is 0 Å². The molecule has 2 N–H and O–H groups in total. The predicted molar refractivity (Wildman–Crippen MR) is 90.5 cm³/mol. The molecule has 3 saturated heterocycles. The van der Waals surface area contributed by atoms with Gasteiger partial charge in [-0.15, -0.1) is 5.59 Å². The number of aromatic nitrogens is 1. The second kappa shape index (κ2) is 6.47. The van der Waals surface area contributed by atoms with Crippen molar-refractivity contribution in [2.75, 3.05) is 12.4 Å². The van der Waals surface area contributed by atoms with Crippen LogP contribution >= 0.6 is 0 Å². The molecule has 1 saturated carbocycles. The molecule has 0 amide bonds. The van der Waals surface area contributed by atoms with Crippen LogP contribution < -0.4 is 10.9 Å². The van der Waals surface area contributed by atoms with E-state index >= 15 is 0 Å². The zero-order chi connectivity index (χ0) is 16.5. The summed E-state index contributed by atoms with van der Waals surface area (Å²) < 4.78 is 12.7. The van der Waals surface area contributed by atoms with Crippen LogP contribution in [0, 0.1) is 5.82 Å². The Balaban J connectivity index is 0.000000136. The van der Waals surface area contributed by atoms with E-state index in [2.05, 4.69) is 20.9 Å². The van der Waals surface area contributed by atoms with Gasteiger partial charge in [-0.25, -0.2) is 9.40 Å². The van der Waals surface area contributed by atoms with Crippen molar-refractivity contribution in [3.63, 3.8) is 0 Å². The fraction of sp³-hybridized carbons (Fsp3) is 0.389. The van der Waals surface area contributed by atoms with Gasteiger partial charge in [-0.3, -0.25) is 9.82 Å². The number of hydrogen-bond donors (Lipinski definition) is 2. The number of rotatable bonds is 2. The molecule has 6 rings (SSSR count). The Morgan fingerprint density at radius 2 is 2.08 bits per heavy atom. The maximum Gasteiger partial charge on any atom is 0.123 e. The first-order chi connectivity index (χ1) is 11.8. The Labute approximate surface area is 140 Å². The molecule has 24 heavy (non-hydrogen) atoms. The van der Waals surface area contributed by atoms with E-state index in [1.54, 1.807) is 18.3 Å². The molecule has 4 heterocycles. The third-order valence-corrected chi connectivity index (χ3v) is 4.98. The van der Waals surface area contributed by atoms with Crippen molar-refractivity contribution in [1.82, 2.24) is 15.6 Å². The van der Waals surface area contributed by atoms with Crippen LogP contribution in [0.2, 0.25) is 0 Å². The van der Waals surface area contributed by atoms with Gasteiger partial charge in [0.1, 0.15) is 5.82 Å². The summed E-state index contributed by atoms with van der Waals surface area (Å²) in [6, 6.07) is 11.6. The second-order valence-corrected chi connectivity index (χ2v) is 6.35. The number of hydrogen-bond acceptors (Lipinski definition) is 5. The number of pyridine rings is 1. The average Bonchev–Trinajstić information content (AvgIpc) is 2.84. The summed E-state index contributed by atoms with van der Waals surface area (Å²) in [5.41, 5.74) is 5.62. The van der Waals surface area contributed by atoms with E-state index in [0.717, 1.165) is 29.0 Å². The molecule has 1 aliphatic carbocycles. The summed E-state index contributed by atoms with van der Waals surface area (Å²) in [4.78, 5) is 9.57. The Morgan fingerprint density at radius 1 is 1.25 bits per heavy atom. The third kappa shape index (κ3) is 2.77. The molecule has 4 atom stereocenters. The van der Waals surface area contributed by atoms with Crippen LogP contribution in [-0.4, -0.2) is 35.2 Å². The zero-order valence-corrected chi connectivity index (χ0v) is 13.6. The highest BCUT2D eigenvalue weighted by molar-refractivity contribution is 5.73. The molecule has 126 valence electrons. The second-order valence-electron chi connectivity index (χ2n) is 6.35. The smallest absolute Gasteiger partial charge is 0.123 e. The number of piperidine rings is 1. The molecule has 4 bridgehead atoms. The summed E-state index contributed by atoms with van der Waals surface area (Å²) in [5.74, 6) is -0.235. The van der Waals surface area contributed by atoms with Crippen molar-refractivity contribution in [1.29, 1.82) is 0 Å². The van der Waals surface area contributed by atoms with Crippen LogP contribution in [0.3, 0.4) is 0 Å². The van der Waals surface area contributed by atoms with Crippen LogP contribution in [0.15, 0.2) is 42.6 Å². The van der Waals surface area contributed by atoms with Gasteiger partial charge in [0, 0.05) is 24.8 Å². The number of nitrogens with one attached hydrogen (secondary N) is 2. The molecule has 5 nitrogen and oxygen atoms in total. The molecule has 0 radical (unpaired) electrons. The summed E-state index contributed by atoms with van der Waals surface area (Å²) in [7, 11) is 1.84. The van der Waals surface area contributed by atoms with Gasteiger partial charge >= 0.3 is 0 Å². The number of benzene rings is 1. The molecule has 2 aromatic rings. The summed E-state index contributed by atoms with van der Waals surface area (Å²) >= 11 is 0. The molecule has 4 unspecified atom stereocenters. The lowest BCUT2D eigenvalue weighted by Crippen LogP contribution is -2.61. The van der Waals surface area contributed by atoms with Crippen LogP contribution in [0.5, 0.6) is 0 Å². The lowest BCUT2D eigenvalue weighted by molar-refractivity contribution is -0.0500. The van der Waals surface area contributed by atoms with Gasteiger partial charge in [0.05, 0.1) is 23.5 Å². The van der Waals surface area contributed by atoms with E-state index in [0.29, 0.717) is 6.10 Å². The van der Waals surface area contributed by atoms with Crippen LogP contribution in [0.25, 0.3) is 11.3 Å². The normalized spacial score (nSPS) is 29.2. The Hall–Kier alpha value is -2.02. The van der Waals surface area contributed by atoms with Crippen LogP contribution in [0.4, 0.5) is 10.1 Å². The molecule has 6 heteroatoms. The van der Waals surface area contributed by atoms with Gasteiger partial charge in [-0.1, -0.05) is 0 Å². The van der Waals surface area contributed by atoms with Crippen molar-refractivity contribution in [2.45, 2.75) is 37.5 Å². The molecule has 1 aromatic carbocycles. The highest BCUT2D eigenvalue weighted by Gasteiger charge is 2.52. The first kappa shape index (κ1) is 15.5. The van der Waals surface area contributed by atoms with Crippen molar-refractivity contribution in [3.8, 4) is 11.3 Å². The molecular formula is C18H21FN4O. The predicted octanol–water partition coefficient (Wildman–Crippen LogP) is 2.97. The topological polar surface area (TPSA) is 49.4 Å². The van der Waals surface area contributed by atoms with Crippen LogP contribution in [-0.2, 0) is 4.84 Å².